The lowest BCUT2D eigenvalue weighted by molar-refractivity contribution is 0.0640. The van der Waals surface area contributed by atoms with Crippen LogP contribution < -0.4 is 0 Å². The third kappa shape index (κ3) is 3.24. The molecule has 5 nitrogen and oxygen atoms in total. The van der Waals surface area contributed by atoms with Gasteiger partial charge in [0.05, 0.1) is 17.3 Å². The van der Waals surface area contributed by atoms with Crippen LogP contribution in [0.25, 0.3) is 11.1 Å². The van der Waals surface area contributed by atoms with Crippen LogP contribution in [0, 0.1) is 11.6 Å². The topological polar surface area (TPSA) is 69.2 Å². The molecule has 7 heteroatoms. The fourth-order valence-corrected chi connectivity index (χ4v) is 4.40. The lowest BCUT2D eigenvalue weighted by Crippen LogP contribution is -2.44. The Balaban J connectivity index is 1.45. The van der Waals surface area contributed by atoms with Crippen LogP contribution >= 0.6 is 0 Å². The highest BCUT2D eigenvalue weighted by molar-refractivity contribution is 5.98. The molecule has 0 spiro atoms. The number of carbonyl (C=O) groups is 1. The number of rotatable bonds is 4. The van der Waals surface area contributed by atoms with Gasteiger partial charge in [-0.25, -0.2) is 8.78 Å². The number of nitrogens with zero attached hydrogens (tertiary/aromatic N) is 2. The predicted molar refractivity (Wildman–Crippen MR) is 107 cm³/mol. The van der Waals surface area contributed by atoms with Gasteiger partial charge in [-0.1, -0.05) is 12.1 Å². The Bertz CT molecular complexity index is 1100. The normalized spacial score (nSPS) is 18.1. The monoisotopic (exact) mass is 409 g/mol. The molecule has 0 radical (unpaired) electrons. The van der Waals surface area contributed by atoms with Crippen molar-refractivity contribution >= 4 is 5.91 Å². The second-order valence-corrected chi connectivity index (χ2v) is 8.04. The fraction of sp³-hybridized carbons (Fsp3) is 0.304. The number of hydrogen-bond donors (Lipinski definition) is 2. The number of aromatic nitrogens is 2. The molecular weight excluding hydrogens is 388 g/mol. The fourth-order valence-electron chi connectivity index (χ4n) is 4.40. The highest BCUT2D eigenvalue weighted by Crippen LogP contribution is 2.37. The molecule has 1 unspecified atom stereocenters. The molecule has 1 saturated carbocycles. The second kappa shape index (κ2) is 7.23. The molecule has 2 aliphatic carbocycles. The number of phenolic OH excluding ortho intramolecular Hbond substituents is 1. The van der Waals surface area contributed by atoms with Gasteiger partial charge in [0.25, 0.3) is 5.91 Å². The number of amides is 1. The van der Waals surface area contributed by atoms with E-state index in [1.165, 1.54) is 24.3 Å². The molecule has 1 fully saturated rings. The first-order valence-electron chi connectivity index (χ1n) is 10.1. The molecule has 0 bridgehead atoms. The van der Waals surface area contributed by atoms with Crippen LogP contribution in [0.4, 0.5) is 8.78 Å². The lowest BCUT2D eigenvalue weighted by Gasteiger charge is -2.34. The van der Waals surface area contributed by atoms with Gasteiger partial charge in [-0.05, 0) is 67.5 Å². The molecular formula is C23H21F2N3O2. The minimum absolute atomic E-state index is 0.0400. The first-order chi connectivity index (χ1) is 14.5. The van der Waals surface area contributed by atoms with Crippen LogP contribution in [0.3, 0.4) is 0 Å². The van der Waals surface area contributed by atoms with Crippen molar-refractivity contribution in [1.82, 2.24) is 15.1 Å². The van der Waals surface area contributed by atoms with Crippen molar-refractivity contribution in [3.8, 4) is 16.9 Å². The van der Waals surface area contributed by atoms with E-state index >= 15 is 0 Å². The number of benzene rings is 2. The highest BCUT2D eigenvalue weighted by atomic mass is 19.1. The van der Waals surface area contributed by atoms with E-state index in [9.17, 15) is 18.7 Å². The zero-order valence-electron chi connectivity index (χ0n) is 16.2. The van der Waals surface area contributed by atoms with Crippen molar-refractivity contribution in [3.05, 3.63) is 71.1 Å². The molecule has 2 aromatic carbocycles. The zero-order chi connectivity index (χ0) is 20.8. The van der Waals surface area contributed by atoms with Gasteiger partial charge in [0, 0.05) is 17.8 Å². The molecule has 30 heavy (non-hydrogen) atoms. The van der Waals surface area contributed by atoms with Crippen LogP contribution in [0.15, 0.2) is 42.6 Å². The molecule has 2 aliphatic rings. The summed E-state index contributed by atoms with van der Waals surface area (Å²) in [5.41, 5.74) is 2.37. The largest absolute Gasteiger partial charge is 0.507 e. The molecule has 2 N–H and O–H groups in total. The summed E-state index contributed by atoms with van der Waals surface area (Å²) in [7, 11) is 0. The van der Waals surface area contributed by atoms with E-state index in [0.717, 1.165) is 55.5 Å². The van der Waals surface area contributed by atoms with Crippen molar-refractivity contribution in [3.63, 3.8) is 0 Å². The van der Waals surface area contributed by atoms with E-state index in [2.05, 4.69) is 10.2 Å². The summed E-state index contributed by atoms with van der Waals surface area (Å²) >= 11 is 0. The van der Waals surface area contributed by atoms with Crippen molar-refractivity contribution < 1.29 is 18.7 Å². The van der Waals surface area contributed by atoms with Crippen LogP contribution in [0.5, 0.6) is 5.75 Å². The zero-order valence-corrected chi connectivity index (χ0v) is 16.2. The van der Waals surface area contributed by atoms with Gasteiger partial charge in [0.2, 0.25) is 0 Å². The summed E-state index contributed by atoms with van der Waals surface area (Å²) in [6, 6.07) is 8.02. The Morgan fingerprint density at radius 3 is 2.57 bits per heavy atom. The Labute approximate surface area is 172 Å². The summed E-state index contributed by atoms with van der Waals surface area (Å²) in [6.07, 6.45) is 6.09. The van der Waals surface area contributed by atoms with E-state index in [0.29, 0.717) is 0 Å². The van der Waals surface area contributed by atoms with Crippen LogP contribution in [0.2, 0.25) is 0 Å². The molecule has 0 aliphatic heterocycles. The maximum Gasteiger partial charge on any atom is 0.258 e. The van der Waals surface area contributed by atoms with Crippen LogP contribution in [0.1, 0.15) is 40.9 Å². The lowest BCUT2D eigenvalue weighted by atomic mass is 9.91. The minimum atomic E-state index is -0.716. The van der Waals surface area contributed by atoms with Crippen molar-refractivity contribution in [1.29, 1.82) is 0 Å². The smallest absolute Gasteiger partial charge is 0.258 e. The summed E-state index contributed by atoms with van der Waals surface area (Å²) < 4.78 is 28.2. The van der Waals surface area contributed by atoms with Gasteiger partial charge in [0.15, 0.2) is 0 Å². The van der Waals surface area contributed by atoms with E-state index in [1.807, 2.05) is 11.1 Å². The summed E-state index contributed by atoms with van der Waals surface area (Å²) in [6.45, 7) is 0. The van der Waals surface area contributed by atoms with Gasteiger partial charge >= 0.3 is 0 Å². The third-order valence-corrected chi connectivity index (χ3v) is 6.04. The summed E-state index contributed by atoms with van der Waals surface area (Å²) in [5, 5.41) is 17.7. The number of fused-ring (bicyclic) bond motifs is 1. The van der Waals surface area contributed by atoms with Gasteiger partial charge in [-0.15, -0.1) is 0 Å². The average molecular weight is 409 g/mol. The minimum Gasteiger partial charge on any atom is -0.507 e. The number of aromatic amines is 1. The number of carbonyl (C=O) groups excluding carboxylic acids is 1. The van der Waals surface area contributed by atoms with Gasteiger partial charge in [-0.2, -0.15) is 5.10 Å². The molecule has 154 valence electrons. The molecule has 1 aromatic heterocycles. The van der Waals surface area contributed by atoms with E-state index in [4.69, 9.17) is 0 Å². The van der Waals surface area contributed by atoms with E-state index < -0.39 is 11.6 Å². The Morgan fingerprint density at radius 1 is 1.10 bits per heavy atom. The predicted octanol–water partition coefficient (Wildman–Crippen LogP) is 4.22. The standard InChI is InChI=1S/C23H21F2N3O2/c24-18-2-1-3-19(25)22(18)13-4-8-17(21(29)11-13)23(30)28(15-5-6-15)16-7-9-20-14(10-16)12-26-27-20/h1-4,8,11-12,15-16,29H,5-7,9-10H2,(H,26,27). The number of aryl methyl sites for hydroxylation is 1. The Kier molecular flexibility index (Phi) is 4.53. The molecule has 1 heterocycles. The number of hydrogen-bond acceptors (Lipinski definition) is 3. The number of aromatic hydroxyl groups is 1. The maximum absolute atomic E-state index is 14.1. The van der Waals surface area contributed by atoms with Crippen LogP contribution in [-0.2, 0) is 12.8 Å². The summed E-state index contributed by atoms with van der Waals surface area (Å²) in [4.78, 5) is 15.3. The van der Waals surface area contributed by atoms with Gasteiger partial charge in [0.1, 0.15) is 17.4 Å². The number of phenols is 1. The first kappa shape index (κ1) is 18.8. The SMILES string of the molecule is O=C(c1ccc(-c2c(F)cccc2F)cc1O)N(C1CC1)C1CCc2[nH]ncc2C1. The average Bonchev–Trinajstić information content (AvgIpc) is 3.43. The molecule has 5 rings (SSSR count). The number of halogens is 2. The molecule has 1 amide bonds. The first-order valence-corrected chi connectivity index (χ1v) is 10.1. The van der Waals surface area contributed by atoms with Crippen LogP contribution in [-0.4, -0.2) is 38.2 Å². The number of H-pyrrole nitrogens is 1. The van der Waals surface area contributed by atoms with E-state index in [-0.39, 0.29) is 40.4 Å². The number of nitrogens with one attached hydrogen (secondary N) is 1. The molecule has 0 saturated heterocycles. The summed E-state index contributed by atoms with van der Waals surface area (Å²) in [5.74, 6) is -1.95. The van der Waals surface area contributed by atoms with Gasteiger partial charge in [-0.3, -0.25) is 9.89 Å². The van der Waals surface area contributed by atoms with Crippen molar-refractivity contribution in [2.45, 2.75) is 44.2 Å². The molecule has 1 atom stereocenters. The van der Waals surface area contributed by atoms with Gasteiger partial charge < -0.3 is 10.0 Å². The maximum atomic E-state index is 14.1. The van der Waals surface area contributed by atoms with Crippen molar-refractivity contribution in [2.75, 3.05) is 0 Å². The van der Waals surface area contributed by atoms with E-state index in [1.54, 1.807) is 0 Å². The Morgan fingerprint density at radius 2 is 1.87 bits per heavy atom. The highest BCUT2D eigenvalue weighted by Gasteiger charge is 2.40. The molecule has 3 aromatic rings. The third-order valence-electron chi connectivity index (χ3n) is 6.04. The van der Waals surface area contributed by atoms with Crippen molar-refractivity contribution in [2.24, 2.45) is 0 Å². The quantitative estimate of drug-likeness (QED) is 0.678. The Hall–Kier alpha value is -3.22. The second-order valence-electron chi connectivity index (χ2n) is 8.04.